The first kappa shape index (κ1) is 15.0. The van der Waals surface area contributed by atoms with Crippen LogP contribution < -0.4 is 0 Å². The van der Waals surface area contributed by atoms with Crippen LogP contribution in [0, 0.1) is 0 Å². The average molecular weight is 326 g/mol. The van der Waals surface area contributed by atoms with Crippen LogP contribution in [0.15, 0.2) is 23.1 Å². The van der Waals surface area contributed by atoms with Gasteiger partial charge in [-0.2, -0.15) is 4.31 Å². The van der Waals surface area contributed by atoms with E-state index < -0.39 is 16.1 Å². The lowest BCUT2D eigenvalue weighted by Gasteiger charge is -2.33. The molecule has 0 aliphatic carbocycles. The first-order valence-corrected chi connectivity index (χ1v) is 7.82. The molecule has 1 aromatic carbocycles. The smallest absolute Gasteiger partial charge is 0.246 e. The van der Waals surface area contributed by atoms with Crippen LogP contribution in [0.4, 0.5) is 0 Å². The minimum Gasteiger partial charge on any atom is -0.395 e. The number of halogens is 2. The highest BCUT2D eigenvalue weighted by atomic mass is 35.5. The van der Waals surface area contributed by atoms with Crippen molar-refractivity contribution in [2.45, 2.75) is 10.9 Å². The number of nitrogens with zero attached hydrogens (tertiary/aromatic N) is 1. The molecule has 1 saturated heterocycles. The second-order valence-corrected chi connectivity index (χ2v) is 6.72. The molecule has 0 amide bonds. The van der Waals surface area contributed by atoms with Crippen molar-refractivity contribution >= 4 is 33.2 Å². The van der Waals surface area contributed by atoms with Gasteiger partial charge in [-0.05, 0) is 12.1 Å². The molecule has 1 fully saturated rings. The third-order valence-electron chi connectivity index (χ3n) is 2.87. The Morgan fingerprint density at radius 1 is 1.37 bits per heavy atom. The molecule has 8 heteroatoms. The van der Waals surface area contributed by atoms with Crippen molar-refractivity contribution in [2.24, 2.45) is 0 Å². The topological polar surface area (TPSA) is 66.8 Å². The van der Waals surface area contributed by atoms with Crippen LogP contribution in [-0.2, 0) is 14.8 Å². The van der Waals surface area contributed by atoms with Gasteiger partial charge in [0.05, 0.1) is 35.9 Å². The van der Waals surface area contributed by atoms with Crippen molar-refractivity contribution < 1.29 is 18.3 Å². The first-order valence-electron chi connectivity index (χ1n) is 5.63. The van der Waals surface area contributed by atoms with Gasteiger partial charge in [-0.1, -0.05) is 29.3 Å². The van der Waals surface area contributed by atoms with Crippen molar-refractivity contribution in [2.75, 3.05) is 26.4 Å². The van der Waals surface area contributed by atoms with Gasteiger partial charge in [0.1, 0.15) is 4.90 Å². The van der Waals surface area contributed by atoms with Crippen molar-refractivity contribution in [3.05, 3.63) is 28.2 Å². The van der Waals surface area contributed by atoms with Crippen molar-refractivity contribution in [1.82, 2.24) is 4.31 Å². The fourth-order valence-corrected chi connectivity index (χ4v) is 4.63. The lowest BCUT2D eigenvalue weighted by molar-refractivity contribution is 0.0109. The lowest BCUT2D eigenvalue weighted by atomic mass is 10.3. The Kier molecular flexibility index (Phi) is 4.70. The van der Waals surface area contributed by atoms with Gasteiger partial charge in [0.15, 0.2) is 0 Å². The lowest BCUT2D eigenvalue weighted by Crippen LogP contribution is -2.50. The zero-order valence-corrected chi connectivity index (χ0v) is 12.2. The van der Waals surface area contributed by atoms with Crippen LogP contribution in [0.5, 0.6) is 0 Å². The SMILES string of the molecule is O=S(=O)(c1c(Cl)cccc1Cl)N1CCOCC1CO. The van der Waals surface area contributed by atoms with Gasteiger partial charge >= 0.3 is 0 Å². The Hall–Kier alpha value is -0.370. The molecule has 0 bridgehead atoms. The second kappa shape index (κ2) is 5.95. The van der Waals surface area contributed by atoms with Crippen molar-refractivity contribution in [3.63, 3.8) is 0 Å². The van der Waals surface area contributed by atoms with E-state index in [1.165, 1.54) is 16.4 Å². The first-order chi connectivity index (χ1) is 8.98. The summed E-state index contributed by atoms with van der Waals surface area (Å²) in [5.41, 5.74) is 0. The quantitative estimate of drug-likeness (QED) is 0.911. The standard InChI is InChI=1S/C11H13Cl2NO4S/c12-9-2-1-3-10(13)11(9)19(16,17)14-4-5-18-7-8(14)6-15/h1-3,8,15H,4-7H2. The molecule has 1 unspecified atom stereocenters. The van der Waals surface area contributed by atoms with E-state index in [2.05, 4.69) is 0 Å². The van der Waals surface area contributed by atoms with Gasteiger partial charge in [-0.3, -0.25) is 0 Å². The summed E-state index contributed by atoms with van der Waals surface area (Å²) in [5, 5.41) is 9.39. The predicted molar refractivity (Wildman–Crippen MR) is 72.0 cm³/mol. The Labute approximate surface area is 121 Å². The monoisotopic (exact) mass is 325 g/mol. The number of rotatable bonds is 3. The van der Waals surface area contributed by atoms with E-state index in [1.54, 1.807) is 6.07 Å². The molecule has 5 nitrogen and oxygen atoms in total. The molecule has 0 radical (unpaired) electrons. The van der Waals surface area contributed by atoms with Crippen molar-refractivity contribution in [3.8, 4) is 0 Å². The fraction of sp³-hybridized carbons (Fsp3) is 0.455. The maximum Gasteiger partial charge on any atom is 0.246 e. The number of ether oxygens (including phenoxy) is 1. The molecule has 1 heterocycles. The highest BCUT2D eigenvalue weighted by Gasteiger charge is 2.36. The molecule has 19 heavy (non-hydrogen) atoms. The maximum atomic E-state index is 12.6. The van der Waals surface area contributed by atoms with E-state index in [0.29, 0.717) is 0 Å². The summed E-state index contributed by atoms with van der Waals surface area (Å²) in [6.45, 7) is 0.270. The van der Waals surface area contributed by atoms with Crippen LogP contribution >= 0.6 is 23.2 Å². The minimum absolute atomic E-state index is 0.0654. The Morgan fingerprint density at radius 2 is 2.00 bits per heavy atom. The average Bonchev–Trinajstić information content (AvgIpc) is 2.38. The molecular weight excluding hydrogens is 313 g/mol. The fourth-order valence-electron chi connectivity index (χ4n) is 1.95. The summed E-state index contributed by atoms with van der Waals surface area (Å²) in [5.74, 6) is 0. The van der Waals surface area contributed by atoms with E-state index in [4.69, 9.17) is 27.9 Å². The number of aliphatic hydroxyl groups excluding tert-OH is 1. The summed E-state index contributed by atoms with van der Waals surface area (Å²) >= 11 is 11.9. The van der Waals surface area contributed by atoms with Crippen LogP contribution in [0.25, 0.3) is 0 Å². The van der Waals surface area contributed by atoms with Crippen LogP contribution in [0.2, 0.25) is 10.0 Å². The van der Waals surface area contributed by atoms with Gasteiger partial charge in [0, 0.05) is 6.54 Å². The molecule has 1 N–H and O–H groups in total. The minimum atomic E-state index is -3.86. The van der Waals surface area contributed by atoms with Gasteiger partial charge in [-0.25, -0.2) is 8.42 Å². The summed E-state index contributed by atoms with van der Waals surface area (Å²) in [6.07, 6.45) is 0. The third-order valence-corrected chi connectivity index (χ3v) is 5.78. The van der Waals surface area contributed by atoms with E-state index in [-0.39, 0.29) is 41.3 Å². The highest BCUT2D eigenvalue weighted by molar-refractivity contribution is 7.89. The van der Waals surface area contributed by atoms with Crippen LogP contribution in [-0.4, -0.2) is 50.2 Å². The predicted octanol–water partition coefficient (Wildman–Crippen LogP) is 1.38. The molecular formula is C11H13Cl2NO4S. The van der Waals surface area contributed by atoms with E-state index >= 15 is 0 Å². The highest BCUT2D eigenvalue weighted by Crippen LogP contribution is 2.32. The Balaban J connectivity index is 2.47. The van der Waals surface area contributed by atoms with Crippen LogP contribution in [0.3, 0.4) is 0 Å². The third kappa shape index (κ3) is 2.89. The molecule has 0 aromatic heterocycles. The van der Waals surface area contributed by atoms with E-state index in [0.717, 1.165) is 0 Å². The Bertz CT molecular complexity index is 544. The molecule has 0 spiro atoms. The zero-order valence-electron chi connectivity index (χ0n) is 9.92. The number of hydrogen-bond acceptors (Lipinski definition) is 4. The molecule has 1 atom stereocenters. The van der Waals surface area contributed by atoms with Gasteiger partial charge < -0.3 is 9.84 Å². The number of aliphatic hydroxyl groups is 1. The number of benzene rings is 1. The van der Waals surface area contributed by atoms with Gasteiger partial charge in [-0.15, -0.1) is 0 Å². The van der Waals surface area contributed by atoms with Crippen LogP contribution in [0.1, 0.15) is 0 Å². The number of sulfonamides is 1. The zero-order chi connectivity index (χ0) is 14.0. The maximum absolute atomic E-state index is 12.6. The van der Waals surface area contributed by atoms with Crippen molar-refractivity contribution in [1.29, 1.82) is 0 Å². The van der Waals surface area contributed by atoms with Gasteiger partial charge in [0.2, 0.25) is 10.0 Å². The van der Waals surface area contributed by atoms with E-state index in [9.17, 15) is 13.5 Å². The largest absolute Gasteiger partial charge is 0.395 e. The summed E-state index contributed by atoms with van der Waals surface area (Å²) in [7, 11) is -3.86. The molecule has 106 valence electrons. The molecule has 1 aliphatic heterocycles. The molecule has 1 aliphatic rings. The normalized spacial score (nSPS) is 21.5. The molecule has 2 rings (SSSR count). The summed E-state index contributed by atoms with van der Waals surface area (Å²) in [6, 6.07) is 3.89. The second-order valence-electron chi connectivity index (χ2n) is 4.08. The van der Waals surface area contributed by atoms with E-state index in [1.807, 2.05) is 0 Å². The molecule has 0 saturated carbocycles. The Morgan fingerprint density at radius 3 is 2.58 bits per heavy atom. The van der Waals surface area contributed by atoms with Gasteiger partial charge in [0.25, 0.3) is 0 Å². The number of hydrogen-bond donors (Lipinski definition) is 1. The number of morpholine rings is 1. The molecule has 1 aromatic rings. The summed E-state index contributed by atoms with van der Waals surface area (Å²) < 4.78 is 31.5. The summed E-state index contributed by atoms with van der Waals surface area (Å²) in [4.78, 5) is -0.126.